The van der Waals surface area contributed by atoms with Crippen molar-refractivity contribution in [3.05, 3.63) is 47.5 Å². The molecule has 2 heterocycles. The van der Waals surface area contributed by atoms with Gasteiger partial charge in [-0.2, -0.15) is 0 Å². The monoisotopic (exact) mass is 336 g/mol. The van der Waals surface area contributed by atoms with E-state index in [4.69, 9.17) is 4.42 Å². The maximum Gasteiger partial charge on any atom is 0.256 e. The third kappa shape index (κ3) is 2.67. The van der Waals surface area contributed by atoms with Crippen molar-refractivity contribution in [2.24, 2.45) is 5.41 Å². The van der Waals surface area contributed by atoms with Crippen LogP contribution in [0.5, 0.6) is 0 Å². The van der Waals surface area contributed by atoms with Crippen LogP contribution >= 0.6 is 0 Å². The van der Waals surface area contributed by atoms with Crippen molar-refractivity contribution >= 4 is 22.8 Å². The molecule has 2 aliphatic heterocycles. The quantitative estimate of drug-likeness (QED) is 0.782. The normalized spacial score (nSPS) is 17.1. The molecular formula is C21H24N2O2+2. The fraction of sp³-hybridized carbons (Fsp3) is 0.333. The first-order chi connectivity index (χ1) is 11.9. The summed E-state index contributed by atoms with van der Waals surface area (Å²) in [5.41, 5.74) is 3.64. The Kier molecular flexibility index (Phi) is 3.55. The summed E-state index contributed by atoms with van der Waals surface area (Å²) >= 11 is 0. The van der Waals surface area contributed by atoms with Crippen molar-refractivity contribution in [1.29, 1.82) is 0 Å². The molecule has 0 unspecified atom stereocenters. The lowest BCUT2D eigenvalue weighted by atomic mass is 9.74. The number of hydrogen-bond acceptors (Lipinski definition) is 2. The van der Waals surface area contributed by atoms with Gasteiger partial charge in [0, 0.05) is 25.0 Å². The number of carbonyl (C=O) groups is 1. The highest BCUT2D eigenvalue weighted by Gasteiger charge is 2.39. The Bertz CT molecular complexity index is 979. The summed E-state index contributed by atoms with van der Waals surface area (Å²) in [6, 6.07) is 8.14. The number of benzene rings is 1. The maximum absolute atomic E-state index is 12.9. The van der Waals surface area contributed by atoms with Crippen molar-refractivity contribution in [3.8, 4) is 11.3 Å². The van der Waals surface area contributed by atoms with E-state index in [1.807, 2.05) is 30.5 Å². The van der Waals surface area contributed by atoms with E-state index in [2.05, 4.69) is 39.0 Å². The van der Waals surface area contributed by atoms with Gasteiger partial charge in [0.05, 0.1) is 36.8 Å². The van der Waals surface area contributed by atoms with Crippen LogP contribution < -0.4 is 9.88 Å². The zero-order valence-corrected chi connectivity index (χ0v) is 15.2. The van der Waals surface area contributed by atoms with Crippen LogP contribution in [0.3, 0.4) is 0 Å². The van der Waals surface area contributed by atoms with Gasteiger partial charge < -0.3 is 9.32 Å². The Morgan fingerprint density at radius 1 is 1.16 bits per heavy atom. The zero-order chi connectivity index (χ0) is 17.8. The molecule has 4 nitrogen and oxygen atoms in total. The zero-order valence-electron chi connectivity index (χ0n) is 15.2. The molecule has 0 fully saturated rings. The SMILES string of the molecule is C[NH+](C)C=Cc1oc2c(c3c4ccccc4[nH+]c1-3)C(=O)CC(C)(C)C2. The number of carbonyl (C=O) groups excluding carboxylic acids is 1. The number of fused-ring (bicyclic) bond motifs is 5. The highest BCUT2D eigenvalue weighted by Crippen LogP contribution is 2.43. The minimum absolute atomic E-state index is 0.0683. The molecule has 0 atom stereocenters. The van der Waals surface area contributed by atoms with Gasteiger partial charge in [0.15, 0.2) is 5.78 Å². The third-order valence-corrected chi connectivity index (χ3v) is 4.84. The van der Waals surface area contributed by atoms with E-state index in [0.29, 0.717) is 6.42 Å². The van der Waals surface area contributed by atoms with Gasteiger partial charge >= 0.3 is 0 Å². The Morgan fingerprint density at radius 3 is 2.68 bits per heavy atom. The standard InChI is InChI=1S/C21H22N2O2/c1-21(2)11-15(24)19-17(12-21)25-16(9-10-23(3)4)20-18(19)13-7-5-6-8-14(13)22-20/h5-10H,11-12H2,1-4H3/p+2. The van der Waals surface area contributed by atoms with E-state index in [9.17, 15) is 4.79 Å². The molecule has 128 valence electrons. The second-order valence-electron chi connectivity index (χ2n) is 8.04. The van der Waals surface area contributed by atoms with Gasteiger partial charge in [0.25, 0.3) is 5.69 Å². The molecule has 1 aliphatic carbocycles. The van der Waals surface area contributed by atoms with E-state index in [1.54, 1.807) is 0 Å². The summed E-state index contributed by atoms with van der Waals surface area (Å²) in [6.45, 7) is 4.25. The molecule has 0 saturated carbocycles. The first-order valence-electron chi connectivity index (χ1n) is 8.76. The second-order valence-corrected chi connectivity index (χ2v) is 8.04. The molecule has 0 spiro atoms. The second kappa shape index (κ2) is 5.53. The van der Waals surface area contributed by atoms with Crippen LogP contribution in [0.1, 0.15) is 42.1 Å². The highest BCUT2D eigenvalue weighted by molar-refractivity contribution is 6.10. The predicted octanol–water partition coefficient (Wildman–Crippen LogP) is 2.62. The lowest BCUT2D eigenvalue weighted by molar-refractivity contribution is -0.800. The van der Waals surface area contributed by atoms with Crippen LogP contribution in [0.15, 0.2) is 34.9 Å². The molecule has 0 bridgehead atoms. The van der Waals surface area contributed by atoms with Gasteiger partial charge in [-0.3, -0.25) is 4.79 Å². The first kappa shape index (κ1) is 16.0. The molecule has 0 amide bonds. The lowest BCUT2D eigenvalue weighted by Crippen LogP contribution is -3.00. The average Bonchev–Trinajstić information content (AvgIpc) is 2.90. The summed E-state index contributed by atoms with van der Waals surface area (Å²) in [4.78, 5) is 17.6. The predicted molar refractivity (Wildman–Crippen MR) is 97.7 cm³/mol. The van der Waals surface area contributed by atoms with Crippen LogP contribution in [0.25, 0.3) is 28.2 Å². The van der Waals surface area contributed by atoms with E-state index < -0.39 is 0 Å². The molecule has 1 aromatic carbocycles. The molecule has 0 saturated heterocycles. The number of nitrogens with one attached hydrogen (secondary N) is 2. The molecule has 0 aromatic heterocycles. The number of hydrogen-bond donors (Lipinski definition) is 1. The summed E-state index contributed by atoms with van der Waals surface area (Å²) < 4.78 is 6.25. The van der Waals surface area contributed by atoms with E-state index in [1.165, 1.54) is 4.90 Å². The molecule has 3 aliphatic rings. The number of para-hydroxylation sites is 1. The highest BCUT2D eigenvalue weighted by atomic mass is 16.3. The van der Waals surface area contributed by atoms with Gasteiger partial charge in [-0.25, -0.2) is 4.98 Å². The van der Waals surface area contributed by atoms with E-state index in [-0.39, 0.29) is 11.2 Å². The van der Waals surface area contributed by atoms with E-state index in [0.717, 1.165) is 45.7 Å². The minimum Gasteiger partial charge on any atom is -0.454 e. The maximum atomic E-state index is 12.9. The topological polar surface area (TPSA) is 48.8 Å². The molecule has 25 heavy (non-hydrogen) atoms. The Balaban J connectivity index is 2.07. The van der Waals surface area contributed by atoms with Crippen molar-refractivity contribution in [3.63, 3.8) is 0 Å². The van der Waals surface area contributed by atoms with Crippen LogP contribution in [-0.4, -0.2) is 19.9 Å². The smallest absolute Gasteiger partial charge is 0.256 e. The largest absolute Gasteiger partial charge is 0.454 e. The van der Waals surface area contributed by atoms with Crippen molar-refractivity contribution in [1.82, 2.24) is 0 Å². The molecule has 4 rings (SSSR count). The Labute approximate surface area is 147 Å². The van der Waals surface area contributed by atoms with Gasteiger partial charge in [-0.15, -0.1) is 0 Å². The van der Waals surface area contributed by atoms with Gasteiger partial charge in [0.2, 0.25) is 11.3 Å². The van der Waals surface area contributed by atoms with Crippen LogP contribution in [-0.2, 0) is 6.42 Å². The first-order valence-corrected chi connectivity index (χ1v) is 8.76. The van der Waals surface area contributed by atoms with Gasteiger partial charge in [0.1, 0.15) is 5.76 Å². The molecule has 0 radical (unpaired) electrons. The summed E-state index contributed by atoms with van der Waals surface area (Å²) in [5.74, 6) is 1.78. The number of aromatic amines is 1. The number of aromatic nitrogens is 1. The van der Waals surface area contributed by atoms with Crippen molar-refractivity contribution in [2.45, 2.75) is 26.7 Å². The summed E-state index contributed by atoms with van der Waals surface area (Å²) in [5, 5.41) is 1.09. The van der Waals surface area contributed by atoms with Crippen LogP contribution in [0, 0.1) is 5.41 Å². The Hall–Kier alpha value is -2.46. The number of Topliss-reactive ketones (excluding diaryl/α,β-unsaturated/α-hetero) is 1. The Morgan fingerprint density at radius 2 is 1.92 bits per heavy atom. The van der Waals surface area contributed by atoms with Gasteiger partial charge in [-0.05, 0) is 11.5 Å². The number of rotatable bonds is 2. The van der Waals surface area contributed by atoms with Crippen LogP contribution in [0.4, 0.5) is 0 Å². The number of ketones is 1. The lowest BCUT2D eigenvalue weighted by Gasteiger charge is -2.29. The molecule has 2 N–H and O–H groups in total. The fourth-order valence-electron chi connectivity index (χ4n) is 3.76. The average molecular weight is 336 g/mol. The fourth-order valence-corrected chi connectivity index (χ4v) is 3.76. The van der Waals surface area contributed by atoms with Gasteiger partial charge in [-0.1, -0.05) is 26.0 Å². The number of quaternary nitrogens is 1. The molecular weight excluding hydrogens is 312 g/mol. The summed E-state index contributed by atoms with van der Waals surface area (Å²) in [7, 11) is 4.12. The molecule has 1 aromatic rings. The van der Waals surface area contributed by atoms with Crippen molar-refractivity contribution < 1.29 is 19.1 Å². The van der Waals surface area contributed by atoms with Crippen LogP contribution in [0.2, 0.25) is 0 Å². The minimum atomic E-state index is -0.0683. The number of H-pyrrole nitrogens is 1. The van der Waals surface area contributed by atoms with E-state index >= 15 is 0 Å². The molecule has 4 heteroatoms. The third-order valence-electron chi connectivity index (χ3n) is 4.84. The van der Waals surface area contributed by atoms with Crippen molar-refractivity contribution in [2.75, 3.05) is 14.1 Å². The summed E-state index contributed by atoms with van der Waals surface area (Å²) in [6.07, 6.45) is 5.38.